The number of hydrogen-bond acceptors (Lipinski definition) is 3. The van der Waals surface area contributed by atoms with Crippen molar-refractivity contribution in [2.75, 3.05) is 5.32 Å². The SMILES string of the molecule is CCn1nc(-c2ccccc2)c(-c2ccccc2)c(C(=O)Nc2cccc(Cl)c2)c1=O. The number of nitrogens with one attached hydrogen (secondary N) is 1. The van der Waals surface area contributed by atoms with Gasteiger partial charge in [-0.25, -0.2) is 4.68 Å². The molecule has 3 aromatic carbocycles. The third-order valence-electron chi connectivity index (χ3n) is 4.87. The smallest absolute Gasteiger partial charge is 0.280 e. The van der Waals surface area contributed by atoms with Gasteiger partial charge in [-0.1, -0.05) is 78.3 Å². The number of hydrogen-bond donors (Lipinski definition) is 1. The normalized spacial score (nSPS) is 10.6. The molecule has 4 rings (SSSR count). The van der Waals surface area contributed by atoms with Crippen molar-refractivity contribution in [1.29, 1.82) is 0 Å². The van der Waals surface area contributed by atoms with E-state index in [1.807, 2.05) is 67.6 Å². The lowest BCUT2D eigenvalue weighted by Gasteiger charge is -2.17. The standard InChI is InChI=1S/C25H20ClN3O2/c1-2-29-25(31)22(24(30)27-20-15-9-14-19(26)16-20)21(17-10-5-3-6-11-17)23(28-29)18-12-7-4-8-13-18/h3-16H,2H2,1H3,(H,27,30). The highest BCUT2D eigenvalue weighted by molar-refractivity contribution is 6.31. The summed E-state index contributed by atoms with van der Waals surface area (Å²) in [5.41, 5.74) is 2.75. The van der Waals surface area contributed by atoms with Gasteiger partial charge >= 0.3 is 0 Å². The van der Waals surface area contributed by atoms with E-state index in [0.29, 0.717) is 28.5 Å². The Balaban J connectivity index is 1.98. The van der Waals surface area contributed by atoms with Crippen molar-refractivity contribution in [3.05, 3.63) is 106 Å². The molecule has 31 heavy (non-hydrogen) atoms. The van der Waals surface area contributed by atoms with Crippen LogP contribution in [0.15, 0.2) is 89.7 Å². The van der Waals surface area contributed by atoms with Crippen molar-refractivity contribution in [1.82, 2.24) is 9.78 Å². The van der Waals surface area contributed by atoms with E-state index in [0.717, 1.165) is 11.1 Å². The highest BCUT2D eigenvalue weighted by atomic mass is 35.5. The Morgan fingerprint density at radius 1 is 0.935 bits per heavy atom. The molecule has 0 radical (unpaired) electrons. The Morgan fingerprint density at radius 2 is 1.58 bits per heavy atom. The van der Waals surface area contributed by atoms with E-state index in [-0.39, 0.29) is 5.56 Å². The van der Waals surface area contributed by atoms with E-state index in [2.05, 4.69) is 10.4 Å². The van der Waals surface area contributed by atoms with Crippen molar-refractivity contribution >= 4 is 23.2 Å². The summed E-state index contributed by atoms with van der Waals surface area (Å²) in [6, 6.07) is 25.7. The van der Waals surface area contributed by atoms with Crippen molar-refractivity contribution < 1.29 is 4.79 Å². The zero-order chi connectivity index (χ0) is 21.8. The van der Waals surface area contributed by atoms with Crippen LogP contribution in [0, 0.1) is 0 Å². The van der Waals surface area contributed by atoms with Crippen LogP contribution in [0.25, 0.3) is 22.4 Å². The second-order valence-electron chi connectivity index (χ2n) is 6.92. The largest absolute Gasteiger partial charge is 0.322 e. The third-order valence-corrected chi connectivity index (χ3v) is 5.11. The number of amides is 1. The Bertz CT molecular complexity index is 1290. The number of anilines is 1. The van der Waals surface area contributed by atoms with E-state index in [9.17, 15) is 9.59 Å². The summed E-state index contributed by atoms with van der Waals surface area (Å²) in [5.74, 6) is -0.507. The minimum Gasteiger partial charge on any atom is -0.322 e. The van der Waals surface area contributed by atoms with Gasteiger partial charge in [-0.2, -0.15) is 5.10 Å². The Labute approximate surface area is 184 Å². The summed E-state index contributed by atoms with van der Waals surface area (Å²) in [5, 5.41) is 7.91. The summed E-state index contributed by atoms with van der Waals surface area (Å²) in [6.45, 7) is 2.16. The van der Waals surface area contributed by atoms with Gasteiger partial charge in [0.05, 0.1) is 5.69 Å². The molecule has 1 amide bonds. The molecule has 154 valence electrons. The lowest BCUT2D eigenvalue weighted by atomic mass is 9.95. The van der Waals surface area contributed by atoms with Gasteiger partial charge in [0, 0.05) is 28.4 Å². The molecule has 0 atom stereocenters. The molecule has 0 fully saturated rings. The molecule has 1 heterocycles. The van der Waals surface area contributed by atoms with Crippen LogP contribution in [0.2, 0.25) is 5.02 Å². The average molecular weight is 430 g/mol. The Morgan fingerprint density at radius 3 is 2.19 bits per heavy atom. The van der Waals surface area contributed by atoms with Crippen LogP contribution in [-0.4, -0.2) is 15.7 Å². The van der Waals surface area contributed by atoms with Crippen LogP contribution in [0.5, 0.6) is 0 Å². The van der Waals surface area contributed by atoms with Crippen LogP contribution >= 0.6 is 11.6 Å². The van der Waals surface area contributed by atoms with Crippen LogP contribution in [0.4, 0.5) is 5.69 Å². The molecule has 0 saturated carbocycles. The summed E-state index contributed by atoms with van der Waals surface area (Å²) in [7, 11) is 0. The van der Waals surface area contributed by atoms with Gasteiger partial charge in [0.15, 0.2) is 0 Å². The fourth-order valence-electron chi connectivity index (χ4n) is 3.44. The number of halogens is 1. The van der Waals surface area contributed by atoms with E-state index >= 15 is 0 Å². The molecule has 4 aromatic rings. The fraction of sp³-hybridized carbons (Fsp3) is 0.0800. The van der Waals surface area contributed by atoms with Gasteiger partial charge < -0.3 is 5.32 Å². The molecular formula is C25H20ClN3O2. The Hall–Kier alpha value is -3.70. The third kappa shape index (κ3) is 4.27. The number of benzene rings is 3. The zero-order valence-electron chi connectivity index (χ0n) is 16.9. The highest BCUT2D eigenvalue weighted by Crippen LogP contribution is 2.32. The second kappa shape index (κ2) is 8.98. The van der Waals surface area contributed by atoms with Crippen molar-refractivity contribution in [2.45, 2.75) is 13.5 Å². The summed E-state index contributed by atoms with van der Waals surface area (Å²) in [4.78, 5) is 26.7. The van der Waals surface area contributed by atoms with Gasteiger partial charge in [0.25, 0.3) is 11.5 Å². The summed E-state index contributed by atoms with van der Waals surface area (Å²) in [6.07, 6.45) is 0. The lowest BCUT2D eigenvalue weighted by Crippen LogP contribution is -2.32. The van der Waals surface area contributed by atoms with E-state index < -0.39 is 11.5 Å². The maximum absolute atomic E-state index is 13.4. The molecule has 0 saturated heterocycles. The molecule has 0 unspecified atom stereocenters. The molecule has 0 aliphatic rings. The van der Waals surface area contributed by atoms with Crippen molar-refractivity contribution in [2.24, 2.45) is 0 Å². The molecule has 0 spiro atoms. The first-order valence-corrected chi connectivity index (χ1v) is 10.3. The number of carbonyl (C=O) groups excluding carboxylic acids is 1. The van der Waals surface area contributed by atoms with Gasteiger partial charge in [-0.15, -0.1) is 0 Å². The first-order valence-electron chi connectivity index (χ1n) is 9.91. The molecule has 6 heteroatoms. The molecule has 1 N–H and O–H groups in total. The van der Waals surface area contributed by atoms with E-state index in [4.69, 9.17) is 11.6 Å². The molecule has 5 nitrogen and oxygen atoms in total. The topological polar surface area (TPSA) is 64.0 Å². The number of rotatable bonds is 5. The monoisotopic (exact) mass is 429 g/mol. The lowest BCUT2D eigenvalue weighted by molar-refractivity contribution is 0.102. The maximum Gasteiger partial charge on any atom is 0.280 e. The van der Waals surface area contributed by atoms with Gasteiger partial charge in [0.2, 0.25) is 0 Å². The maximum atomic E-state index is 13.4. The van der Waals surface area contributed by atoms with Crippen LogP contribution in [0.1, 0.15) is 17.3 Å². The molecule has 0 aliphatic carbocycles. The van der Waals surface area contributed by atoms with Crippen molar-refractivity contribution in [3.8, 4) is 22.4 Å². The van der Waals surface area contributed by atoms with Crippen LogP contribution in [-0.2, 0) is 6.54 Å². The van der Waals surface area contributed by atoms with E-state index in [1.54, 1.807) is 24.3 Å². The van der Waals surface area contributed by atoms with Crippen molar-refractivity contribution in [3.63, 3.8) is 0 Å². The zero-order valence-corrected chi connectivity index (χ0v) is 17.6. The first kappa shape index (κ1) is 20.6. The first-order chi connectivity index (χ1) is 15.1. The Kier molecular flexibility index (Phi) is 5.96. The number of aromatic nitrogens is 2. The predicted octanol–water partition coefficient (Wildman–Crippen LogP) is 5.50. The van der Waals surface area contributed by atoms with Gasteiger partial charge in [-0.3, -0.25) is 9.59 Å². The number of carbonyl (C=O) groups is 1. The predicted molar refractivity (Wildman–Crippen MR) is 124 cm³/mol. The average Bonchev–Trinajstić information content (AvgIpc) is 2.79. The van der Waals surface area contributed by atoms with Gasteiger partial charge in [0.1, 0.15) is 5.56 Å². The molecule has 0 aliphatic heterocycles. The second-order valence-corrected chi connectivity index (χ2v) is 7.35. The summed E-state index contributed by atoms with van der Waals surface area (Å²) >= 11 is 6.06. The minimum atomic E-state index is -0.507. The number of nitrogens with zero attached hydrogens (tertiary/aromatic N) is 2. The fourth-order valence-corrected chi connectivity index (χ4v) is 3.63. The number of aryl methyl sites for hydroxylation is 1. The van der Waals surface area contributed by atoms with Crippen LogP contribution in [0.3, 0.4) is 0 Å². The highest BCUT2D eigenvalue weighted by Gasteiger charge is 2.25. The van der Waals surface area contributed by atoms with Gasteiger partial charge in [-0.05, 0) is 30.7 Å². The quantitative estimate of drug-likeness (QED) is 0.455. The molecule has 1 aromatic heterocycles. The van der Waals surface area contributed by atoms with Crippen LogP contribution < -0.4 is 10.9 Å². The summed E-state index contributed by atoms with van der Waals surface area (Å²) < 4.78 is 1.32. The van der Waals surface area contributed by atoms with E-state index in [1.165, 1.54) is 4.68 Å². The molecular weight excluding hydrogens is 410 g/mol. The molecule has 0 bridgehead atoms. The minimum absolute atomic E-state index is 0.0434.